The Kier molecular flexibility index (Phi) is 3.44. The Labute approximate surface area is 142 Å². The molecule has 23 heavy (non-hydrogen) atoms. The Balaban J connectivity index is 1.91. The third-order valence-electron chi connectivity index (χ3n) is 4.07. The zero-order valence-corrected chi connectivity index (χ0v) is 13.7. The molecule has 2 aromatic rings. The first-order valence-electron chi connectivity index (χ1n) is 7.25. The van der Waals surface area contributed by atoms with E-state index in [2.05, 4.69) is 22.0 Å². The molecule has 0 saturated heterocycles. The molecule has 1 atom stereocenters. The molecule has 112 valence electrons. The average molecular weight is 366 g/mol. The summed E-state index contributed by atoms with van der Waals surface area (Å²) in [6.45, 7) is 0.437. The fourth-order valence-corrected chi connectivity index (χ4v) is 3.40. The highest BCUT2D eigenvalue weighted by atomic mass is 79.9. The van der Waals surface area contributed by atoms with Crippen molar-refractivity contribution in [1.29, 1.82) is 5.26 Å². The van der Waals surface area contributed by atoms with E-state index < -0.39 is 0 Å². The van der Waals surface area contributed by atoms with Gasteiger partial charge in [-0.2, -0.15) is 5.26 Å². The molecule has 0 N–H and O–H groups in total. The molecule has 0 saturated carbocycles. The number of benzene rings is 2. The van der Waals surface area contributed by atoms with Gasteiger partial charge in [0, 0.05) is 21.2 Å². The number of fused-ring (bicyclic) bond motifs is 3. The van der Waals surface area contributed by atoms with Gasteiger partial charge in [-0.1, -0.05) is 46.3 Å². The second kappa shape index (κ2) is 5.60. The van der Waals surface area contributed by atoms with Gasteiger partial charge in [0.05, 0.1) is 23.8 Å². The van der Waals surface area contributed by atoms with Crippen molar-refractivity contribution in [3.05, 3.63) is 81.5 Å². The molecular formula is C19H12BrNO2. The lowest BCUT2D eigenvalue weighted by Gasteiger charge is -2.32. The number of halogens is 1. The van der Waals surface area contributed by atoms with Gasteiger partial charge in [0.15, 0.2) is 0 Å². The van der Waals surface area contributed by atoms with Crippen molar-refractivity contribution in [2.45, 2.75) is 5.92 Å². The van der Waals surface area contributed by atoms with Crippen LogP contribution >= 0.6 is 15.9 Å². The van der Waals surface area contributed by atoms with Crippen LogP contribution in [0.2, 0.25) is 0 Å². The quantitative estimate of drug-likeness (QED) is 0.730. The second-order valence-electron chi connectivity index (χ2n) is 5.44. The van der Waals surface area contributed by atoms with Crippen LogP contribution in [0.15, 0.2) is 70.4 Å². The standard InChI is InChI=1S/C19H12BrNO2/c20-14-6-7-17-15(8-14)18-13(10-22-17)11-23-19(16(18)9-21)12-4-2-1-3-5-12/h1-8,11,18H,10H2. The average Bonchev–Trinajstić information content (AvgIpc) is 2.61. The maximum absolute atomic E-state index is 9.79. The van der Waals surface area contributed by atoms with Gasteiger partial charge >= 0.3 is 0 Å². The van der Waals surface area contributed by atoms with Crippen molar-refractivity contribution in [1.82, 2.24) is 0 Å². The van der Waals surface area contributed by atoms with E-state index >= 15 is 0 Å². The van der Waals surface area contributed by atoms with Crippen LogP contribution in [0.4, 0.5) is 0 Å². The molecule has 0 aliphatic carbocycles. The topological polar surface area (TPSA) is 42.2 Å². The molecule has 4 rings (SSSR count). The summed E-state index contributed by atoms with van der Waals surface area (Å²) in [7, 11) is 0. The smallest absolute Gasteiger partial charge is 0.148 e. The summed E-state index contributed by atoms with van der Waals surface area (Å²) >= 11 is 3.50. The van der Waals surface area contributed by atoms with Crippen molar-refractivity contribution in [3.63, 3.8) is 0 Å². The van der Waals surface area contributed by atoms with Gasteiger partial charge in [-0.3, -0.25) is 0 Å². The van der Waals surface area contributed by atoms with Crippen LogP contribution in [-0.2, 0) is 4.74 Å². The van der Waals surface area contributed by atoms with Crippen LogP contribution in [0, 0.1) is 11.3 Å². The molecule has 2 aliphatic rings. The van der Waals surface area contributed by atoms with Gasteiger partial charge in [0.2, 0.25) is 0 Å². The largest absolute Gasteiger partial charge is 0.489 e. The Morgan fingerprint density at radius 3 is 2.74 bits per heavy atom. The molecule has 2 heterocycles. The minimum absolute atomic E-state index is 0.120. The lowest BCUT2D eigenvalue weighted by molar-refractivity contribution is 0.305. The molecule has 0 bridgehead atoms. The van der Waals surface area contributed by atoms with Gasteiger partial charge in [0.25, 0.3) is 0 Å². The van der Waals surface area contributed by atoms with E-state index in [9.17, 15) is 5.26 Å². The predicted octanol–water partition coefficient (Wildman–Crippen LogP) is 4.77. The first-order valence-corrected chi connectivity index (χ1v) is 8.05. The van der Waals surface area contributed by atoms with E-state index in [0.29, 0.717) is 17.9 Å². The van der Waals surface area contributed by atoms with Gasteiger partial charge in [-0.25, -0.2) is 0 Å². The van der Waals surface area contributed by atoms with Gasteiger partial charge in [-0.05, 0) is 18.2 Å². The SMILES string of the molecule is N#CC1=C(c2ccccc2)OC=C2COc3ccc(Br)cc3C21. The molecule has 2 aliphatic heterocycles. The molecule has 1 unspecified atom stereocenters. The monoisotopic (exact) mass is 365 g/mol. The first-order chi connectivity index (χ1) is 11.3. The van der Waals surface area contributed by atoms with Gasteiger partial charge in [0.1, 0.15) is 18.1 Å². The first kappa shape index (κ1) is 14.1. The minimum Gasteiger partial charge on any atom is -0.489 e. The van der Waals surface area contributed by atoms with Crippen molar-refractivity contribution in [3.8, 4) is 11.8 Å². The number of allylic oxidation sites excluding steroid dienone is 1. The Morgan fingerprint density at radius 2 is 1.96 bits per heavy atom. The molecule has 0 amide bonds. The van der Waals surface area contributed by atoms with Crippen LogP contribution in [0.25, 0.3) is 5.76 Å². The molecule has 4 heteroatoms. The van der Waals surface area contributed by atoms with Crippen molar-refractivity contribution < 1.29 is 9.47 Å². The third kappa shape index (κ3) is 2.34. The van der Waals surface area contributed by atoms with E-state index in [1.54, 1.807) is 6.26 Å². The number of nitrogens with zero attached hydrogens (tertiary/aromatic N) is 1. The van der Waals surface area contributed by atoms with E-state index in [1.807, 2.05) is 48.5 Å². The fourth-order valence-electron chi connectivity index (χ4n) is 3.02. The van der Waals surface area contributed by atoms with Crippen molar-refractivity contribution in [2.24, 2.45) is 0 Å². The fraction of sp³-hybridized carbons (Fsp3) is 0.105. The van der Waals surface area contributed by atoms with Crippen LogP contribution in [0.5, 0.6) is 5.75 Å². The van der Waals surface area contributed by atoms with E-state index in [4.69, 9.17) is 9.47 Å². The lowest BCUT2D eigenvalue weighted by Crippen LogP contribution is -2.22. The minimum atomic E-state index is -0.120. The third-order valence-corrected chi connectivity index (χ3v) is 4.56. The van der Waals surface area contributed by atoms with E-state index in [0.717, 1.165) is 26.9 Å². The Bertz CT molecular complexity index is 878. The predicted molar refractivity (Wildman–Crippen MR) is 90.5 cm³/mol. The molecule has 0 spiro atoms. The van der Waals surface area contributed by atoms with E-state index in [-0.39, 0.29) is 5.92 Å². The van der Waals surface area contributed by atoms with Gasteiger partial charge < -0.3 is 9.47 Å². The van der Waals surface area contributed by atoms with Crippen LogP contribution in [0.1, 0.15) is 17.0 Å². The Morgan fingerprint density at radius 1 is 1.13 bits per heavy atom. The van der Waals surface area contributed by atoms with Crippen LogP contribution in [-0.4, -0.2) is 6.61 Å². The van der Waals surface area contributed by atoms with Gasteiger partial charge in [-0.15, -0.1) is 0 Å². The molecule has 0 radical (unpaired) electrons. The zero-order chi connectivity index (χ0) is 15.8. The highest BCUT2D eigenvalue weighted by Crippen LogP contribution is 2.46. The van der Waals surface area contributed by atoms with E-state index in [1.165, 1.54) is 0 Å². The summed E-state index contributed by atoms with van der Waals surface area (Å²) in [5, 5.41) is 9.79. The number of hydrogen-bond acceptors (Lipinski definition) is 3. The molecule has 0 fully saturated rings. The molecule has 3 nitrogen and oxygen atoms in total. The second-order valence-corrected chi connectivity index (χ2v) is 6.35. The summed E-state index contributed by atoms with van der Waals surface area (Å²) in [5.74, 6) is 1.32. The molecule has 2 aromatic carbocycles. The molecule has 0 aromatic heterocycles. The van der Waals surface area contributed by atoms with Crippen LogP contribution in [0.3, 0.4) is 0 Å². The van der Waals surface area contributed by atoms with Crippen molar-refractivity contribution in [2.75, 3.05) is 6.61 Å². The number of nitriles is 1. The summed E-state index contributed by atoms with van der Waals surface area (Å²) < 4.78 is 12.5. The normalized spacial score (nSPS) is 18.8. The summed E-state index contributed by atoms with van der Waals surface area (Å²) in [6, 6.07) is 18.0. The molecular weight excluding hydrogens is 354 g/mol. The summed E-state index contributed by atoms with van der Waals surface area (Å²) in [5.41, 5.74) is 3.48. The maximum Gasteiger partial charge on any atom is 0.148 e. The number of rotatable bonds is 1. The highest BCUT2D eigenvalue weighted by Gasteiger charge is 2.35. The number of hydrogen-bond donors (Lipinski definition) is 0. The summed E-state index contributed by atoms with van der Waals surface area (Å²) in [4.78, 5) is 0. The number of ether oxygens (including phenoxy) is 2. The summed E-state index contributed by atoms with van der Waals surface area (Å²) in [6.07, 6.45) is 1.72. The van der Waals surface area contributed by atoms with Crippen LogP contribution < -0.4 is 4.74 Å². The van der Waals surface area contributed by atoms with Crippen molar-refractivity contribution >= 4 is 21.7 Å². The zero-order valence-electron chi connectivity index (χ0n) is 12.1. The highest BCUT2D eigenvalue weighted by molar-refractivity contribution is 9.10. The Hall–Kier alpha value is -2.51. The maximum atomic E-state index is 9.79. The lowest BCUT2D eigenvalue weighted by atomic mass is 9.81.